The van der Waals surface area contributed by atoms with Gasteiger partial charge in [-0.2, -0.15) is 4.98 Å². The molecular formula is C21H19BrN4O5S. The van der Waals surface area contributed by atoms with Crippen LogP contribution in [0.1, 0.15) is 18.7 Å². The molecule has 3 aromatic rings. The topological polar surface area (TPSA) is 116 Å². The van der Waals surface area contributed by atoms with E-state index in [0.717, 1.165) is 27.0 Å². The summed E-state index contributed by atoms with van der Waals surface area (Å²) in [6.07, 6.45) is -0.616. The molecule has 0 saturated carbocycles. The van der Waals surface area contributed by atoms with Crippen molar-refractivity contribution in [2.75, 3.05) is 24.8 Å². The minimum Gasteiger partial charge on any atom is -0.493 e. The molecule has 166 valence electrons. The van der Waals surface area contributed by atoms with Crippen molar-refractivity contribution in [1.82, 2.24) is 15.2 Å². The molecule has 0 saturated heterocycles. The highest BCUT2D eigenvalue weighted by Gasteiger charge is 2.27. The lowest BCUT2D eigenvalue weighted by Crippen LogP contribution is -2.17. The number of benzene rings is 2. The third-order valence-electron chi connectivity index (χ3n) is 4.50. The third kappa shape index (κ3) is 4.73. The lowest BCUT2D eigenvalue weighted by molar-refractivity contribution is -0.139. The van der Waals surface area contributed by atoms with Crippen molar-refractivity contribution in [2.45, 2.75) is 18.3 Å². The summed E-state index contributed by atoms with van der Waals surface area (Å²) in [7, 11) is 1.49. The van der Waals surface area contributed by atoms with Gasteiger partial charge in [-0.15, -0.1) is 10.2 Å². The van der Waals surface area contributed by atoms with Crippen LogP contribution in [0.4, 0.5) is 5.69 Å². The van der Waals surface area contributed by atoms with Crippen molar-refractivity contribution in [3.8, 4) is 28.6 Å². The van der Waals surface area contributed by atoms with Gasteiger partial charge in [-0.1, -0.05) is 34.6 Å². The van der Waals surface area contributed by atoms with Crippen LogP contribution in [-0.2, 0) is 4.79 Å². The number of halogens is 1. The van der Waals surface area contributed by atoms with Crippen molar-refractivity contribution in [1.29, 1.82) is 0 Å². The summed E-state index contributed by atoms with van der Waals surface area (Å²) in [6.45, 7) is 1.54. The van der Waals surface area contributed by atoms with Crippen LogP contribution in [-0.4, -0.2) is 45.7 Å². The fourth-order valence-corrected chi connectivity index (χ4v) is 3.98. The van der Waals surface area contributed by atoms with Gasteiger partial charge in [0, 0.05) is 21.3 Å². The number of thioether (sulfide) groups is 1. The molecule has 32 heavy (non-hydrogen) atoms. The average molecular weight is 519 g/mol. The molecule has 1 aliphatic heterocycles. The van der Waals surface area contributed by atoms with E-state index in [-0.39, 0.29) is 0 Å². The Morgan fingerprint density at radius 1 is 1.25 bits per heavy atom. The molecule has 2 aromatic carbocycles. The van der Waals surface area contributed by atoms with E-state index in [9.17, 15) is 4.79 Å². The van der Waals surface area contributed by atoms with Gasteiger partial charge in [-0.3, -0.25) is 0 Å². The summed E-state index contributed by atoms with van der Waals surface area (Å²) in [5.41, 5.74) is 2.87. The molecule has 9 nitrogen and oxygen atoms in total. The number of hydrogen-bond acceptors (Lipinski definition) is 9. The molecule has 0 spiro atoms. The van der Waals surface area contributed by atoms with Crippen LogP contribution < -0.4 is 19.5 Å². The standard InChI is InChI=1S/C21H19BrN4O5S/c1-3-32-21-24-20-18(25-26-21)13-9-12(22)5-6-14(13)23-19(31-20)11-4-7-15(16(8-11)29-2)30-10-17(27)28/h4-9,19,23H,3,10H2,1-2H3,(H,27,28)/t19-/m1/s1. The number of nitrogens with one attached hydrogen (secondary N) is 1. The average Bonchev–Trinajstić information content (AvgIpc) is 2.94. The smallest absolute Gasteiger partial charge is 0.341 e. The second-order valence-corrected chi connectivity index (χ2v) is 8.75. The second kappa shape index (κ2) is 9.61. The first-order valence-corrected chi connectivity index (χ1v) is 11.4. The quantitative estimate of drug-likeness (QED) is 0.436. The molecule has 0 radical (unpaired) electrons. The summed E-state index contributed by atoms with van der Waals surface area (Å²) in [6, 6.07) is 10.9. The Bertz CT molecular complexity index is 1160. The predicted octanol–water partition coefficient (Wildman–Crippen LogP) is 4.39. The first-order valence-electron chi connectivity index (χ1n) is 9.61. The molecule has 0 bridgehead atoms. The van der Waals surface area contributed by atoms with Crippen LogP contribution in [0.3, 0.4) is 0 Å². The molecule has 4 rings (SSSR count). The number of anilines is 1. The van der Waals surface area contributed by atoms with E-state index in [1.165, 1.54) is 18.9 Å². The molecule has 0 aliphatic carbocycles. The highest BCUT2D eigenvalue weighted by atomic mass is 79.9. The Balaban J connectivity index is 1.75. The zero-order valence-electron chi connectivity index (χ0n) is 17.2. The Morgan fingerprint density at radius 3 is 2.84 bits per heavy atom. The Hall–Kier alpha value is -3.05. The van der Waals surface area contributed by atoms with Gasteiger partial charge in [0.2, 0.25) is 11.0 Å². The number of aliphatic carboxylic acids is 1. The van der Waals surface area contributed by atoms with Gasteiger partial charge in [0.1, 0.15) is 0 Å². The Kier molecular flexibility index (Phi) is 6.66. The molecule has 2 heterocycles. The van der Waals surface area contributed by atoms with Crippen LogP contribution in [0.25, 0.3) is 11.3 Å². The molecule has 1 atom stereocenters. The minimum absolute atomic E-state index is 0.322. The van der Waals surface area contributed by atoms with E-state index in [2.05, 4.69) is 36.4 Å². The number of ether oxygens (including phenoxy) is 3. The van der Waals surface area contributed by atoms with Crippen molar-refractivity contribution < 1.29 is 24.1 Å². The number of aromatic nitrogens is 3. The number of carboxylic acid groups (broad SMARTS) is 1. The number of carbonyl (C=O) groups is 1. The number of fused-ring (bicyclic) bond motifs is 3. The summed E-state index contributed by atoms with van der Waals surface area (Å²) < 4.78 is 17.8. The van der Waals surface area contributed by atoms with Gasteiger partial charge >= 0.3 is 5.97 Å². The molecule has 1 aliphatic rings. The summed E-state index contributed by atoms with van der Waals surface area (Å²) in [5.74, 6) is 0.798. The van der Waals surface area contributed by atoms with E-state index >= 15 is 0 Å². The van der Waals surface area contributed by atoms with E-state index in [1.54, 1.807) is 18.2 Å². The van der Waals surface area contributed by atoms with Crippen LogP contribution in [0.15, 0.2) is 46.0 Å². The van der Waals surface area contributed by atoms with Crippen LogP contribution >= 0.6 is 27.7 Å². The van der Waals surface area contributed by atoms with Crippen LogP contribution in [0.5, 0.6) is 17.4 Å². The lowest BCUT2D eigenvalue weighted by atomic mass is 10.1. The van der Waals surface area contributed by atoms with E-state index < -0.39 is 18.8 Å². The molecular weight excluding hydrogens is 500 g/mol. The first kappa shape index (κ1) is 22.2. The van der Waals surface area contributed by atoms with Gasteiger partial charge in [-0.05, 0) is 42.2 Å². The van der Waals surface area contributed by atoms with Gasteiger partial charge in [-0.25, -0.2) is 4.79 Å². The van der Waals surface area contributed by atoms with E-state index in [1.807, 2.05) is 25.1 Å². The van der Waals surface area contributed by atoms with Crippen molar-refractivity contribution in [2.24, 2.45) is 0 Å². The maximum Gasteiger partial charge on any atom is 0.341 e. The monoisotopic (exact) mass is 518 g/mol. The van der Waals surface area contributed by atoms with E-state index in [0.29, 0.717) is 28.2 Å². The summed E-state index contributed by atoms with van der Waals surface area (Å²) in [4.78, 5) is 15.4. The molecule has 0 fully saturated rings. The van der Waals surface area contributed by atoms with Gasteiger partial charge in [0.15, 0.2) is 30.0 Å². The third-order valence-corrected chi connectivity index (χ3v) is 5.72. The maximum absolute atomic E-state index is 10.8. The number of carboxylic acids is 1. The number of methoxy groups -OCH3 is 1. The Morgan fingerprint density at radius 2 is 2.09 bits per heavy atom. The highest BCUT2D eigenvalue weighted by molar-refractivity contribution is 9.10. The van der Waals surface area contributed by atoms with E-state index in [4.69, 9.17) is 19.3 Å². The van der Waals surface area contributed by atoms with Gasteiger partial charge < -0.3 is 24.6 Å². The van der Waals surface area contributed by atoms with Gasteiger partial charge in [0.25, 0.3) is 0 Å². The highest BCUT2D eigenvalue weighted by Crippen LogP contribution is 2.41. The predicted molar refractivity (Wildman–Crippen MR) is 122 cm³/mol. The SMILES string of the molecule is CCSc1nnc2c(n1)O[C@H](c1ccc(OCC(=O)O)c(OC)c1)Nc1ccc(Br)cc1-2. The normalized spacial score (nSPS) is 14.3. The van der Waals surface area contributed by atoms with Crippen LogP contribution in [0.2, 0.25) is 0 Å². The largest absolute Gasteiger partial charge is 0.493 e. The molecule has 1 aromatic heterocycles. The maximum atomic E-state index is 10.8. The second-order valence-electron chi connectivity index (χ2n) is 6.61. The fourth-order valence-electron chi connectivity index (χ4n) is 3.12. The van der Waals surface area contributed by atoms with Crippen molar-refractivity contribution in [3.05, 3.63) is 46.4 Å². The summed E-state index contributed by atoms with van der Waals surface area (Å²) >= 11 is 4.98. The molecule has 0 unspecified atom stereocenters. The van der Waals surface area contributed by atoms with Gasteiger partial charge in [0.05, 0.1) is 7.11 Å². The zero-order chi connectivity index (χ0) is 22.7. The molecule has 11 heteroatoms. The number of nitrogens with zero attached hydrogens (tertiary/aromatic N) is 3. The number of rotatable bonds is 7. The fraction of sp³-hybridized carbons (Fsp3) is 0.238. The van der Waals surface area contributed by atoms with Crippen molar-refractivity contribution >= 4 is 39.3 Å². The zero-order valence-corrected chi connectivity index (χ0v) is 19.6. The lowest BCUT2D eigenvalue weighted by Gasteiger charge is -2.20. The summed E-state index contributed by atoms with van der Waals surface area (Å²) in [5, 5.41) is 21.4. The van der Waals surface area contributed by atoms with Crippen molar-refractivity contribution in [3.63, 3.8) is 0 Å². The molecule has 2 N–H and O–H groups in total. The first-order chi connectivity index (χ1) is 15.5. The minimum atomic E-state index is -1.07. The Labute approximate surface area is 196 Å². The number of hydrogen-bond donors (Lipinski definition) is 2. The van der Waals surface area contributed by atoms with Crippen LogP contribution in [0, 0.1) is 0 Å². The molecule has 0 amide bonds.